The quantitative estimate of drug-likeness (QED) is 0.783. The molecule has 0 atom stereocenters. The van der Waals surface area contributed by atoms with E-state index in [4.69, 9.17) is 0 Å². The van der Waals surface area contributed by atoms with Gasteiger partial charge in [-0.05, 0) is 25.0 Å². The second-order valence-corrected chi connectivity index (χ2v) is 8.55. The van der Waals surface area contributed by atoms with Gasteiger partial charge in [-0.25, -0.2) is 9.97 Å². The second kappa shape index (κ2) is 6.68. The van der Waals surface area contributed by atoms with Gasteiger partial charge in [-0.15, -0.1) is 0 Å². The Balaban J connectivity index is 1.60. The monoisotopic (exact) mass is 383 g/mol. The number of nitrogens with zero attached hydrogens (tertiary/aromatic N) is 5. The maximum Gasteiger partial charge on any atom is 0.284 e. The minimum atomic E-state index is -0.447. The Kier molecular flexibility index (Phi) is 4.44. The lowest BCUT2D eigenvalue weighted by Crippen LogP contribution is -2.53. The van der Waals surface area contributed by atoms with E-state index in [1.165, 1.54) is 0 Å². The molecule has 2 amide bonds. The van der Waals surface area contributed by atoms with Crippen LogP contribution in [0.1, 0.15) is 50.1 Å². The molecule has 8 heteroatoms. The highest BCUT2D eigenvalue weighted by Gasteiger charge is 2.34. The number of hydrogen-bond donors (Lipinski definition) is 0. The molecule has 0 unspecified atom stereocenters. The molecule has 0 radical (unpaired) electrons. The number of rotatable bonds is 2. The fraction of sp³-hybridized carbons (Fsp3) is 0.550. The summed E-state index contributed by atoms with van der Waals surface area (Å²) in [6, 6.07) is 3.63. The summed E-state index contributed by atoms with van der Waals surface area (Å²) in [5.74, 6) is -0.293. The lowest BCUT2D eigenvalue weighted by Gasteiger charge is -2.37. The Morgan fingerprint density at radius 2 is 1.71 bits per heavy atom. The summed E-state index contributed by atoms with van der Waals surface area (Å²) in [6.45, 7) is 7.40. The van der Waals surface area contributed by atoms with Gasteiger partial charge in [0.15, 0.2) is 11.3 Å². The molecule has 2 aromatic heterocycles. The zero-order valence-corrected chi connectivity index (χ0v) is 16.5. The van der Waals surface area contributed by atoms with Crippen molar-refractivity contribution in [3.05, 3.63) is 34.4 Å². The van der Waals surface area contributed by atoms with Crippen LogP contribution in [-0.2, 0) is 4.79 Å². The number of pyridine rings is 1. The predicted molar refractivity (Wildman–Crippen MR) is 104 cm³/mol. The molecule has 1 aliphatic heterocycles. The maximum absolute atomic E-state index is 13.1. The van der Waals surface area contributed by atoms with E-state index >= 15 is 0 Å². The lowest BCUT2D eigenvalue weighted by atomic mass is 9.94. The third-order valence-electron chi connectivity index (χ3n) is 5.26. The Bertz CT molecular complexity index is 995. The molecule has 4 rings (SSSR count). The molecule has 0 spiro atoms. The van der Waals surface area contributed by atoms with Gasteiger partial charge in [-0.3, -0.25) is 19.0 Å². The van der Waals surface area contributed by atoms with E-state index in [0.717, 1.165) is 12.8 Å². The molecular weight excluding hydrogens is 358 g/mol. The molecule has 0 N–H and O–H groups in total. The second-order valence-electron chi connectivity index (χ2n) is 8.55. The van der Waals surface area contributed by atoms with Crippen molar-refractivity contribution in [2.24, 2.45) is 5.41 Å². The van der Waals surface area contributed by atoms with Gasteiger partial charge in [0.2, 0.25) is 5.91 Å². The Morgan fingerprint density at radius 3 is 2.32 bits per heavy atom. The number of fused-ring (bicyclic) bond motifs is 1. The highest BCUT2D eigenvalue weighted by molar-refractivity contribution is 5.94. The standard InChI is InChI=1S/C20H25N5O3/c1-20(2,3)19(28)24-11-9-23(10-12-24)17(26)15-18(27)25(13-6-7-13)16-14(22-15)5-4-8-21-16/h4-5,8,13H,6-7,9-12H2,1-3H3. The molecule has 1 saturated carbocycles. The Morgan fingerprint density at radius 1 is 1.07 bits per heavy atom. The molecule has 28 heavy (non-hydrogen) atoms. The Labute approximate surface area is 163 Å². The number of carbonyl (C=O) groups is 2. The molecule has 2 aliphatic rings. The van der Waals surface area contributed by atoms with Crippen LogP contribution in [0, 0.1) is 5.41 Å². The number of hydrogen-bond acceptors (Lipinski definition) is 5. The summed E-state index contributed by atoms with van der Waals surface area (Å²) in [6.07, 6.45) is 3.46. The number of piperazine rings is 1. The highest BCUT2D eigenvalue weighted by Crippen LogP contribution is 2.35. The van der Waals surface area contributed by atoms with Crippen molar-refractivity contribution >= 4 is 23.0 Å². The highest BCUT2D eigenvalue weighted by atomic mass is 16.2. The Hall–Kier alpha value is -2.77. The van der Waals surface area contributed by atoms with E-state index in [9.17, 15) is 14.4 Å². The van der Waals surface area contributed by atoms with Crippen LogP contribution in [0.5, 0.6) is 0 Å². The molecule has 2 fully saturated rings. The fourth-order valence-corrected chi connectivity index (χ4v) is 3.59. The number of aromatic nitrogens is 3. The van der Waals surface area contributed by atoms with Crippen LogP contribution < -0.4 is 5.56 Å². The first-order chi connectivity index (χ1) is 13.3. The SMILES string of the molecule is CC(C)(C)C(=O)N1CCN(C(=O)c2nc3cccnc3n(C3CC3)c2=O)CC1. The normalized spacial score (nSPS) is 17.8. The van der Waals surface area contributed by atoms with Crippen LogP contribution in [0.15, 0.2) is 23.1 Å². The van der Waals surface area contributed by atoms with Crippen molar-refractivity contribution in [1.29, 1.82) is 0 Å². The van der Waals surface area contributed by atoms with Gasteiger partial charge in [0.1, 0.15) is 5.52 Å². The zero-order chi connectivity index (χ0) is 20.1. The summed E-state index contributed by atoms with van der Waals surface area (Å²) in [5, 5.41) is 0. The minimum absolute atomic E-state index is 0.0528. The minimum Gasteiger partial charge on any atom is -0.339 e. The third-order valence-corrected chi connectivity index (χ3v) is 5.26. The zero-order valence-electron chi connectivity index (χ0n) is 16.5. The number of carbonyl (C=O) groups excluding carboxylic acids is 2. The van der Waals surface area contributed by atoms with Crippen molar-refractivity contribution in [2.75, 3.05) is 26.2 Å². The molecule has 8 nitrogen and oxygen atoms in total. The van der Waals surface area contributed by atoms with E-state index in [2.05, 4.69) is 9.97 Å². The summed E-state index contributed by atoms with van der Waals surface area (Å²) < 4.78 is 1.62. The molecule has 0 bridgehead atoms. The number of amides is 2. The van der Waals surface area contributed by atoms with Gasteiger partial charge < -0.3 is 9.80 Å². The smallest absolute Gasteiger partial charge is 0.284 e. The molecule has 1 saturated heterocycles. The van der Waals surface area contributed by atoms with E-state index in [-0.39, 0.29) is 29.1 Å². The van der Waals surface area contributed by atoms with Crippen molar-refractivity contribution in [1.82, 2.24) is 24.3 Å². The van der Waals surface area contributed by atoms with Gasteiger partial charge in [0, 0.05) is 43.8 Å². The molecule has 3 heterocycles. The van der Waals surface area contributed by atoms with Crippen LogP contribution in [-0.4, -0.2) is 62.3 Å². The van der Waals surface area contributed by atoms with E-state index in [0.29, 0.717) is 37.3 Å². The average Bonchev–Trinajstić information content (AvgIpc) is 3.50. The van der Waals surface area contributed by atoms with Gasteiger partial charge in [-0.2, -0.15) is 0 Å². The van der Waals surface area contributed by atoms with Gasteiger partial charge in [0.05, 0.1) is 0 Å². The van der Waals surface area contributed by atoms with Crippen molar-refractivity contribution in [2.45, 2.75) is 39.7 Å². The average molecular weight is 383 g/mol. The van der Waals surface area contributed by atoms with Crippen molar-refractivity contribution < 1.29 is 9.59 Å². The van der Waals surface area contributed by atoms with Crippen LogP contribution in [0.2, 0.25) is 0 Å². The van der Waals surface area contributed by atoms with Crippen molar-refractivity contribution in [3.8, 4) is 0 Å². The van der Waals surface area contributed by atoms with Crippen molar-refractivity contribution in [3.63, 3.8) is 0 Å². The van der Waals surface area contributed by atoms with Crippen LogP contribution in [0.4, 0.5) is 0 Å². The summed E-state index contributed by atoms with van der Waals surface area (Å²) in [7, 11) is 0. The first kappa shape index (κ1) is 18.6. The summed E-state index contributed by atoms with van der Waals surface area (Å²) in [4.78, 5) is 50.6. The van der Waals surface area contributed by atoms with E-state index in [1.807, 2.05) is 20.8 Å². The molecule has 0 aromatic carbocycles. The summed E-state index contributed by atoms with van der Waals surface area (Å²) >= 11 is 0. The van der Waals surface area contributed by atoms with Crippen LogP contribution >= 0.6 is 0 Å². The fourth-order valence-electron chi connectivity index (χ4n) is 3.59. The van der Waals surface area contributed by atoms with Gasteiger partial charge in [0.25, 0.3) is 11.5 Å². The molecule has 1 aliphatic carbocycles. The van der Waals surface area contributed by atoms with Gasteiger partial charge >= 0.3 is 0 Å². The third kappa shape index (κ3) is 3.27. The first-order valence-corrected chi connectivity index (χ1v) is 9.73. The summed E-state index contributed by atoms with van der Waals surface area (Å²) in [5.41, 5.74) is 0.220. The largest absolute Gasteiger partial charge is 0.339 e. The molecule has 2 aromatic rings. The molecular formula is C20H25N5O3. The van der Waals surface area contributed by atoms with Gasteiger partial charge in [-0.1, -0.05) is 20.8 Å². The van der Waals surface area contributed by atoms with Crippen LogP contribution in [0.3, 0.4) is 0 Å². The molecule has 148 valence electrons. The predicted octanol–water partition coefficient (Wildman–Crippen LogP) is 1.46. The van der Waals surface area contributed by atoms with Crippen LogP contribution in [0.25, 0.3) is 11.2 Å². The maximum atomic E-state index is 13.1. The first-order valence-electron chi connectivity index (χ1n) is 9.73. The lowest BCUT2D eigenvalue weighted by molar-refractivity contribution is -0.140. The topological polar surface area (TPSA) is 88.4 Å². The van der Waals surface area contributed by atoms with E-state index in [1.54, 1.807) is 32.7 Å². The van der Waals surface area contributed by atoms with E-state index < -0.39 is 5.41 Å².